The number of hydrogen-bond donors (Lipinski definition) is 1. The number of carboxylic acids is 1. The Morgan fingerprint density at radius 1 is 1.14 bits per heavy atom. The summed E-state index contributed by atoms with van der Waals surface area (Å²) in [6.07, 6.45) is 4.22. The Morgan fingerprint density at radius 2 is 1.82 bits per heavy atom. The lowest BCUT2D eigenvalue weighted by molar-refractivity contribution is -0.149. The molecule has 2 aromatic rings. The largest absolute Gasteiger partial charge is 0.480 e. The van der Waals surface area contributed by atoms with Crippen LogP contribution in [-0.4, -0.2) is 55.5 Å². The van der Waals surface area contributed by atoms with Gasteiger partial charge in [-0.3, -0.25) is 9.59 Å². The van der Waals surface area contributed by atoms with E-state index in [4.69, 9.17) is 0 Å². The first-order chi connectivity index (χ1) is 13.5. The number of Topliss-reactive ketones (excluding diaryl/α,β-unsaturated/α-hetero) is 1. The molecule has 1 aromatic heterocycles. The Hall–Kier alpha value is -2.74. The SMILES string of the molecule is C[C@H](C(=O)N1CCC[C@H]1C(=O)O)[C@H](Sc1ncccn1)C(=O)c1ccccc1. The highest BCUT2D eigenvalue weighted by atomic mass is 32.2. The minimum absolute atomic E-state index is 0.204. The molecule has 0 saturated carbocycles. The van der Waals surface area contributed by atoms with E-state index in [1.807, 2.05) is 6.07 Å². The molecule has 0 bridgehead atoms. The fourth-order valence-corrected chi connectivity index (χ4v) is 4.32. The summed E-state index contributed by atoms with van der Waals surface area (Å²) in [6.45, 7) is 2.06. The number of hydrogen-bond acceptors (Lipinski definition) is 6. The molecule has 146 valence electrons. The number of nitrogens with zero attached hydrogens (tertiary/aromatic N) is 3. The molecule has 3 rings (SSSR count). The number of rotatable bonds is 7. The predicted octanol–water partition coefficient (Wildman–Crippen LogP) is 2.53. The van der Waals surface area contributed by atoms with Crippen molar-refractivity contribution >= 4 is 29.4 Å². The van der Waals surface area contributed by atoms with Crippen molar-refractivity contribution in [1.29, 1.82) is 0 Å². The predicted molar refractivity (Wildman–Crippen MR) is 104 cm³/mol. The van der Waals surface area contributed by atoms with Gasteiger partial charge in [0.1, 0.15) is 6.04 Å². The number of thioether (sulfide) groups is 1. The Morgan fingerprint density at radius 3 is 2.46 bits per heavy atom. The standard InChI is InChI=1S/C20H21N3O4S/c1-13(18(25)23-12-5-9-15(23)19(26)27)17(28-20-21-10-6-11-22-20)16(24)14-7-3-2-4-8-14/h2-4,6-8,10-11,13,15,17H,5,9,12H2,1H3,(H,26,27)/t13-,15-,17-/m0/s1. The van der Waals surface area contributed by atoms with E-state index in [1.54, 1.807) is 49.6 Å². The van der Waals surface area contributed by atoms with E-state index in [1.165, 1.54) is 4.90 Å². The Labute approximate surface area is 167 Å². The molecule has 1 saturated heterocycles. The van der Waals surface area contributed by atoms with Crippen LogP contribution in [0.15, 0.2) is 53.9 Å². The van der Waals surface area contributed by atoms with Gasteiger partial charge >= 0.3 is 5.97 Å². The van der Waals surface area contributed by atoms with Gasteiger partial charge < -0.3 is 10.0 Å². The van der Waals surface area contributed by atoms with E-state index >= 15 is 0 Å². The number of benzene rings is 1. The van der Waals surface area contributed by atoms with E-state index in [0.29, 0.717) is 30.1 Å². The number of carboxylic acid groups (broad SMARTS) is 1. The topological polar surface area (TPSA) is 100 Å². The van der Waals surface area contributed by atoms with Gasteiger partial charge in [0, 0.05) is 24.5 Å². The third-order valence-electron chi connectivity index (χ3n) is 4.76. The van der Waals surface area contributed by atoms with Gasteiger partial charge in [-0.25, -0.2) is 14.8 Å². The molecule has 1 amide bonds. The molecule has 3 atom stereocenters. The van der Waals surface area contributed by atoms with Crippen molar-refractivity contribution in [1.82, 2.24) is 14.9 Å². The summed E-state index contributed by atoms with van der Waals surface area (Å²) in [4.78, 5) is 47.4. The van der Waals surface area contributed by atoms with Crippen LogP contribution < -0.4 is 0 Å². The van der Waals surface area contributed by atoms with Crippen LogP contribution in [0.4, 0.5) is 0 Å². The van der Waals surface area contributed by atoms with Gasteiger partial charge in [0.25, 0.3) is 0 Å². The molecule has 1 N–H and O–H groups in total. The van der Waals surface area contributed by atoms with E-state index in [-0.39, 0.29) is 11.7 Å². The maximum absolute atomic E-state index is 13.2. The maximum atomic E-state index is 13.2. The van der Waals surface area contributed by atoms with Crippen molar-refractivity contribution < 1.29 is 19.5 Å². The zero-order chi connectivity index (χ0) is 20.1. The van der Waals surface area contributed by atoms with Crippen LogP contribution in [0.5, 0.6) is 0 Å². The van der Waals surface area contributed by atoms with Crippen molar-refractivity contribution in [3.63, 3.8) is 0 Å². The second kappa shape index (κ2) is 8.97. The normalized spacial score (nSPS) is 18.5. The molecule has 0 spiro atoms. The number of ketones is 1. The van der Waals surface area contributed by atoms with Crippen LogP contribution in [0.2, 0.25) is 0 Å². The first kappa shape index (κ1) is 20.0. The molecule has 7 nitrogen and oxygen atoms in total. The van der Waals surface area contributed by atoms with Crippen molar-refractivity contribution in [2.24, 2.45) is 5.92 Å². The average molecular weight is 399 g/mol. The van der Waals surface area contributed by atoms with Crippen LogP contribution in [0.3, 0.4) is 0 Å². The zero-order valence-corrected chi connectivity index (χ0v) is 16.2. The minimum atomic E-state index is -1.01. The second-order valence-corrected chi connectivity index (χ2v) is 7.73. The smallest absolute Gasteiger partial charge is 0.326 e. The van der Waals surface area contributed by atoms with Gasteiger partial charge in [-0.2, -0.15) is 0 Å². The average Bonchev–Trinajstić information content (AvgIpc) is 3.22. The summed E-state index contributed by atoms with van der Waals surface area (Å²) >= 11 is 1.13. The summed E-state index contributed by atoms with van der Waals surface area (Å²) in [5, 5.41) is 9.03. The van der Waals surface area contributed by atoms with Gasteiger partial charge in [-0.05, 0) is 18.9 Å². The van der Waals surface area contributed by atoms with E-state index in [0.717, 1.165) is 11.8 Å². The monoisotopic (exact) mass is 399 g/mol. The lowest BCUT2D eigenvalue weighted by atomic mass is 9.97. The first-order valence-corrected chi connectivity index (χ1v) is 9.93. The molecule has 1 fully saturated rings. The van der Waals surface area contributed by atoms with Crippen LogP contribution >= 0.6 is 11.8 Å². The Kier molecular flexibility index (Phi) is 6.41. The molecule has 1 aliphatic rings. The molecular weight excluding hydrogens is 378 g/mol. The number of likely N-dealkylation sites (tertiary alicyclic amines) is 1. The van der Waals surface area contributed by atoms with Crippen LogP contribution in [0.1, 0.15) is 30.1 Å². The fourth-order valence-electron chi connectivity index (χ4n) is 3.29. The molecule has 1 aromatic carbocycles. The molecule has 2 heterocycles. The van der Waals surface area contributed by atoms with Crippen molar-refractivity contribution in [2.75, 3.05) is 6.54 Å². The molecular formula is C20H21N3O4S. The highest BCUT2D eigenvalue weighted by Gasteiger charge is 2.40. The summed E-state index contributed by atoms with van der Waals surface area (Å²) < 4.78 is 0. The summed E-state index contributed by atoms with van der Waals surface area (Å²) in [5.74, 6) is -2.27. The molecule has 0 aliphatic carbocycles. The lowest BCUT2D eigenvalue weighted by Gasteiger charge is -2.28. The van der Waals surface area contributed by atoms with Gasteiger partial charge in [-0.15, -0.1) is 0 Å². The van der Waals surface area contributed by atoms with Crippen LogP contribution in [0, 0.1) is 5.92 Å². The van der Waals surface area contributed by atoms with Gasteiger partial charge in [-0.1, -0.05) is 49.0 Å². The van der Waals surface area contributed by atoms with Gasteiger partial charge in [0.05, 0.1) is 11.2 Å². The number of aromatic nitrogens is 2. The van der Waals surface area contributed by atoms with Crippen molar-refractivity contribution in [3.8, 4) is 0 Å². The molecule has 1 aliphatic heterocycles. The molecule has 28 heavy (non-hydrogen) atoms. The van der Waals surface area contributed by atoms with E-state index in [2.05, 4.69) is 9.97 Å². The summed E-state index contributed by atoms with van der Waals surface area (Å²) in [7, 11) is 0. The van der Waals surface area contributed by atoms with Gasteiger partial charge in [0.15, 0.2) is 10.9 Å². The van der Waals surface area contributed by atoms with E-state index < -0.39 is 23.2 Å². The Balaban J connectivity index is 1.88. The maximum Gasteiger partial charge on any atom is 0.326 e. The number of carbonyl (C=O) groups excluding carboxylic acids is 2. The zero-order valence-electron chi connectivity index (χ0n) is 15.4. The quantitative estimate of drug-likeness (QED) is 0.434. The van der Waals surface area contributed by atoms with Crippen molar-refractivity contribution in [3.05, 3.63) is 54.4 Å². The van der Waals surface area contributed by atoms with Crippen LogP contribution in [-0.2, 0) is 9.59 Å². The number of aliphatic carboxylic acids is 1. The first-order valence-electron chi connectivity index (χ1n) is 9.05. The number of carbonyl (C=O) groups is 3. The third-order valence-corrected chi connectivity index (χ3v) is 6.05. The Bertz CT molecular complexity index is 847. The molecule has 8 heteroatoms. The second-order valence-electron chi connectivity index (χ2n) is 6.62. The molecule has 0 radical (unpaired) electrons. The molecule has 0 unspecified atom stereocenters. The van der Waals surface area contributed by atoms with Gasteiger partial charge in [0.2, 0.25) is 5.91 Å². The van der Waals surface area contributed by atoms with Crippen LogP contribution in [0.25, 0.3) is 0 Å². The van der Waals surface area contributed by atoms with Crippen molar-refractivity contribution in [2.45, 2.75) is 36.2 Å². The number of amides is 1. The summed E-state index contributed by atoms with van der Waals surface area (Å²) in [6, 6.07) is 9.59. The third kappa shape index (κ3) is 4.39. The highest BCUT2D eigenvalue weighted by molar-refractivity contribution is 8.00. The minimum Gasteiger partial charge on any atom is -0.480 e. The fraction of sp³-hybridized carbons (Fsp3) is 0.350. The lowest BCUT2D eigenvalue weighted by Crippen LogP contribution is -2.46. The van der Waals surface area contributed by atoms with E-state index in [9.17, 15) is 19.5 Å². The highest BCUT2D eigenvalue weighted by Crippen LogP contribution is 2.31. The summed E-state index contributed by atoms with van der Waals surface area (Å²) in [5.41, 5.74) is 0.492.